The maximum Gasteiger partial charge on any atom is 0.222 e. The van der Waals surface area contributed by atoms with Crippen LogP contribution in [-0.2, 0) is 19.6 Å². The van der Waals surface area contributed by atoms with Gasteiger partial charge in [-0.05, 0) is 25.3 Å². The Kier molecular flexibility index (Phi) is 6.77. The fraction of sp³-hybridized carbons (Fsp3) is 0.556. The number of hydrogen-bond donors (Lipinski definition) is 2. The number of carbonyl (C=O) groups is 2. The molecule has 0 spiro atoms. The Labute approximate surface area is 155 Å². The highest BCUT2D eigenvalue weighted by molar-refractivity contribution is 7.88. The number of aryl methyl sites for hydroxylation is 1. The minimum Gasteiger partial charge on any atom is -0.352 e. The Hall–Kier alpha value is -1.93. The van der Waals surface area contributed by atoms with Crippen molar-refractivity contribution in [2.75, 3.05) is 19.3 Å². The number of nitrogens with zero attached hydrogens (tertiary/aromatic N) is 1. The predicted octanol–water partition coefficient (Wildman–Crippen LogP) is 1.10. The van der Waals surface area contributed by atoms with E-state index in [-0.39, 0.29) is 24.3 Å². The molecule has 7 nitrogen and oxygen atoms in total. The topological polar surface area (TPSA) is 95.6 Å². The molecule has 1 aromatic rings. The van der Waals surface area contributed by atoms with Crippen LogP contribution in [-0.4, -0.2) is 49.9 Å². The molecule has 0 bridgehead atoms. The van der Waals surface area contributed by atoms with Crippen molar-refractivity contribution in [3.8, 4) is 0 Å². The minimum absolute atomic E-state index is 0.109. The van der Waals surface area contributed by atoms with E-state index in [1.807, 2.05) is 31.2 Å². The summed E-state index contributed by atoms with van der Waals surface area (Å²) in [5.41, 5.74) is 1.96. The van der Waals surface area contributed by atoms with E-state index >= 15 is 0 Å². The molecule has 1 fully saturated rings. The number of benzene rings is 1. The molecular weight excluding hydrogens is 354 g/mol. The van der Waals surface area contributed by atoms with Gasteiger partial charge in [0.1, 0.15) is 0 Å². The van der Waals surface area contributed by atoms with E-state index < -0.39 is 16.1 Å². The largest absolute Gasteiger partial charge is 0.352 e. The summed E-state index contributed by atoms with van der Waals surface area (Å²) in [4.78, 5) is 24.0. The van der Waals surface area contributed by atoms with Gasteiger partial charge in [0.05, 0.1) is 18.7 Å². The number of piperidine rings is 1. The second-order valence-corrected chi connectivity index (χ2v) is 8.88. The second kappa shape index (κ2) is 8.64. The quantitative estimate of drug-likeness (QED) is 0.771. The van der Waals surface area contributed by atoms with Crippen molar-refractivity contribution in [3.63, 3.8) is 0 Å². The average molecular weight is 381 g/mol. The third kappa shape index (κ3) is 6.10. The van der Waals surface area contributed by atoms with Gasteiger partial charge in [0.2, 0.25) is 21.8 Å². The van der Waals surface area contributed by atoms with Crippen LogP contribution in [0.1, 0.15) is 43.4 Å². The molecule has 0 saturated carbocycles. The smallest absolute Gasteiger partial charge is 0.222 e. The summed E-state index contributed by atoms with van der Waals surface area (Å²) >= 11 is 0. The zero-order valence-corrected chi connectivity index (χ0v) is 16.3. The van der Waals surface area contributed by atoms with Crippen LogP contribution in [0.4, 0.5) is 0 Å². The zero-order valence-electron chi connectivity index (χ0n) is 15.5. The molecule has 1 aromatic carbocycles. The maximum atomic E-state index is 12.5. The Morgan fingerprint density at radius 3 is 2.50 bits per heavy atom. The van der Waals surface area contributed by atoms with Gasteiger partial charge in [-0.15, -0.1) is 0 Å². The number of carbonyl (C=O) groups excluding carboxylic acids is 2. The minimum atomic E-state index is -3.26. The second-order valence-electron chi connectivity index (χ2n) is 6.90. The van der Waals surface area contributed by atoms with Gasteiger partial charge in [-0.25, -0.2) is 12.7 Å². The van der Waals surface area contributed by atoms with Gasteiger partial charge in [-0.3, -0.25) is 9.59 Å². The van der Waals surface area contributed by atoms with Crippen molar-refractivity contribution in [1.29, 1.82) is 0 Å². The first kappa shape index (κ1) is 20.4. The zero-order chi connectivity index (χ0) is 19.3. The molecular formula is C18H27N3O4S. The molecule has 0 radical (unpaired) electrons. The van der Waals surface area contributed by atoms with Gasteiger partial charge in [0.15, 0.2) is 0 Å². The molecule has 144 valence electrons. The number of rotatable bonds is 6. The van der Waals surface area contributed by atoms with E-state index in [0.29, 0.717) is 19.5 Å². The molecule has 2 N–H and O–H groups in total. The van der Waals surface area contributed by atoms with Gasteiger partial charge in [0, 0.05) is 26.1 Å². The van der Waals surface area contributed by atoms with Crippen LogP contribution in [0.15, 0.2) is 24.3 Å². The predicted molar refractivity (Wildman–Crippen MR) is 99.9 cm³/mol. The van der Waals surface area contributed by atoms with E-state index in [2.05, 4.69) is 10.6 Å². The summed E-state index contributed by atoms with van der Waals surface area (Å²) in [6, 6.07) is 7.05. The molecule has 1 aliphatic rings. The molecule has 2 rings (SSSR count). The van der Waals surface area contributed by atoms with Crippen LogP contribution in [0.5, 0.6) is 0 Å². The van der Waals surface area contributed by atoms with E-state index in [1.165, 1.54) is 17.5 Å². The molecule has 1 heterocycles. The molecule has 2 atom stereocenters. The number of nitrogens with one attached hydrogen (secondary N) is 2. The average Bonchev–Trinajstić information content (AvgIpc) is 2.54. The van der Waals surface area contributed by atoms with Gasteiger partial charge in [-0.2, -0.15) is 0 Å². The third-order valence-electron chi connectivity index (χ3n) is 4.46. The SMILES string of the molecule is CC(=O)NC(CC(=O)NC1CCCN(S(C)(=O)=O)C1)c1ccc(C)cc1. The lowest BCUT2D eigenvalue weighted by atomic mass is 10.0. The Bertz CT molecular complexity index is 746. The monoisotopic (exact) mass is 381 g/mol. The van der Waals surface area contributed by atoms with Crippen LogP contribution in [0.3, 0.4) is 0 Å². The van der Waals surface area contributed by atoms with Gasteiger partial charge in [-0.1, -0.05) is 29.8 Å². The van der Waals surface area contributed by atoms with Crippen LogP contribution < -0.4 is 10.6 Å². The summed E-state index contributed by atoms with van der Waals surface area (Å²) < 4.78 is 24.8. The van der Waals surface area contributed by atoms with E-state index in [4.69, 9.17) is 0 Å². The number of hydrogen-bond acceptors (Lipinski definition) is 4. The molecule has 1 saturated heterocycles. The first-order valence-electron chi connectivity index (χ1n) is 8.73. The summed E-state index contributed by atoms with van der Waals surface area (Å²) in [7, 11) is -3.26. The van der Waals surface area contributed by atoms with E-state index in [0.717, 1.165) is 17.5 Å². The normalized spacial score (nSPS) is 19.6. The highest BCUT2D eigenvalue weighted by atomic mass is 32.2. The highest BCUT2D eigenvalue weighted by Crippen LogP contribution is 2.19. The first-order valence-corrected chi connectivity index (χ1v) is 10.6. The van der Waals surface area contributed by atoms with Gasteiger partial charge < -0.3 is 10.6 Å². The van der Waals surface area contributed by atoms with Gasteiger partial charge >= 0.3 is 0 Å². The Morgan fingerprint density at radius 2 is 1.92 bits per heavy atom. The molecule has 1 aliphatic heterocycles. The van der Waals surface area contributed by atoms with Crippen molar-refractivity contribution in [2.24, 2.45) is 0 Å². The van der Waals surface area contributed by atoms with E-state index in [1.54, 1.807) is 0 Å². The molecule has 2 unspecified atom stereocenters. The standard InChI is InChI=1S/C18H27N3O4S/c1-13-6-8-15(9-7-13)17(19-14(2)22)11-18(23)20-16-5-4-10-21(12-16)26(3,24)25/h6-9,16-17H,4-5,10-12H2,1-3H3,(H,19,22)(H,20,23). The fourth-order valence-corrected chi connectivity index (χ4v) is 4.04. The lowest BCUT2D eigenvalue weighted by Crippen LogP contribution is -2.49. The van der Waals surface area contributed by atoms with Crippen LogP contribution in [0.25, 0.3) is 0 Å². The molecule has 2 amide bonds. The molecule has 0 aliphatic carbocycles. The Balaban J connectivity index is 2.00. The van der Waals surface area contributed by atoms with Crippen molar-refractivity contribution in [3.05, 3.63) is 35.4 Å². The molecule has 8 heteroatoms. The number of sulfonamides is 1. The molecule has 0 aromatic heterocycles. The first-order chi connectivity index (χ1) is 12.1. The highest BCUT2D eigenvalue weighted by Gasteiger charge is 2.27. The van der Waals surface area contributed by atoms with Crippen molar-refractivity contribution in [2.45, 2.75) is 45.2 Å². The van der Waals surface area contributed by atoms with Crippen LogP contribution in [0.2, 0.25) is 0 Å². The summed E-state index contributed by atoms with van der Waals surface area (Å²) in [5.74, 6) is -0.408. The lowest BCUT2D eigenvalue weighted by molar-refractivity contribution is -0.123. The van der Waals surface area contributed by atoms with E-state index in [9.17, 15) is 18.0 Å². The fourth-order valence-electron chi connectivity index (χ4n) is 3.13. The summed E-state index contributed by atoms with van der Waals surface area (Å²) in [6.07, 6.45) is 2.75. The van der Waals surface area contributed by atoms with Crippen LogP contribution >= 0.6 is 0 Å². The third-order valence-corrected chi connectivity index (χ3v) is 5.73. The van der Waals surface area contributed by atoms with Crippen molar-refractivity contribution >= 4 is 21.8 Å². The van der Waals surface area contributed by atoms with Crippen molar-refractivity contribution in [1.82, 2.24) is 14.9 Å². The maximum absolute atomic E-state index is 12.5. The van der Waals surface area contributed by atoms with Crippen LogP contribution in [0, 0.1) is 6.92 Å². The van der Waals surface area contributed by atoms with Crippen molar-refractivity contribution < 1.29 is 18.0 Å². The van der Waals surface area contributed by atoms with Gasteiger partial charge in [0.25, 0.3) is 0 Å². The molecule has 26 heavy (non-hydrogen) atoms. The summed E-state index contributed by atoms with van der Waals surface area (Å²) in [6.45, 7) is 4.17. The lowest BCUT2D eigenvalue weighted by Gasteiger charge is -2.31. The number of amides is 2. The Morgan fingerprint density at radius 1 is 1.27 bits per heavy atom. The summed E-state index contributed by atoms with van der Waals surface area (Å²) in [5, 5.41) is 5.72.